The fraction of sp³-hybridized carbons (Fsp3) is 0.200. The van der Waals surface area contributed by atoms with Gasteiger partial charge in [0.25, 0.3) is 0 Å². The highest BCUT2D eigenvalue weighted by Gasteiger charge is 2.27. The third kappa shape index (κ3) is 3.26. The van der Waals surface area contributed by atoms with Crippen molar-refractivity contribution in [2.24, 2.45) is 0 Å². The molecule has 0 unspecified atom stereocenters. The van der Waals surface area contributed by atoms with Crippen LogP contribution in [0.1, 0.15) is 23.2 Å². The molecule has 1 aromatic heterocycles. The molecule has 0 radical (unpaired) electrons. The number of carbonyl (C=O) groups excluding carboxylic acids is 1. The van der Waals surface area contributed by atoms with E-state index in [9.17, 15) is 4.79 Å². The van der Waals surface area contributed by atoms with Crippen LogP contribution >= 0.6 is 22.6 Å². The lowest BCUT2D eigenvalue weighted by atomic mass is 10.2. The van der Waals surface area contributed by atoms with Crippen LogP contribution in [0.3, 0.4) is 0 Å². The van der Waals surface area contributed by atoms with Crippen LogP contribution in [-0.2, 0) is 0 Å². The van der Waals surface area contributed by atoms with Gasteiger partial charge in [0.2, 0.25) is 0 Å². The van der Waals surface area contributed by atoms with E-state index in [2.05, 4.69) is 32.9 Å². The highest BCUT2D eigenvalue weighted by molar-refractivity contribution is 14.1. The van der Waals surface area contributed by atoms with E-state index in [1.165, 1.54) is 0 Å². The van der Waals surface area contributed by atoms with Crippen LogP contribution in [0.5, 0.6) is 5.75 Å². The highest BCUT2D eigenvalue weighted by atomic mass is 127. The molecule has 0 saturated heterocycles. The zero-order valence-electron chi connectivity index (χ0n) is 11.2. The van der Waals surface area contributed by atoms with Crippen LogP contribution in [0, 0.1) is 3.57 Å². The summed E-state index contributed by atoms with van der Waals surface area (Å²) in [6, 6.07) is 9.33. The first-order valence-corrected chi connectivity index (χ1v) is 7.71. The number of para-hydroxylation sites is 1. The number of ether oxygens (including phenoxy) is 1. The number of rotatable bonds is 4. The van der Waals surface area contributed by atoms with Gasteiger partial charge in [-0.1, -0.05) is 18.2 Å². The number of anilines is 2. The Morgan fingerprint density at radius 2 is 2.05 bits per heavy atom. The quantitative estimate of drug-likeness (QED) is 0.473. The maximum absolute atomic E-state index is 12.4. The maximum atomic E-state index is 12.4. The Kier molecular flexibility index (Phi) is 3.96. The van der Waals surface area contributed by atoms with Crippen LogP contribution in [0.4, 0.5) is 11.5 Å². The summed E-state index contributed by atoms with van der Waals surface area (Å²) in [7, 11) is 0. The molecule has 0 amide bonds. The second kappa shape index (κ2) is 5.88. The molecule has 1 aliphatic rings. The van der Waals surface area contributed by atoms with Gasteiger partial charge in [-0.3, -0.25) is 0 Å². The lowest BCUT2D eigenvalue weighted by Gasteiger charge is -2.14. The summed E-state index contributed by atoms with van der Waals surface area (Å²) in [6.07, 6.45) is 3.86. The molecule has 1 aliphatic carbocycles. The largest absolute Gasteiger partial charge is 0.423 e. The standard InChI is InChI=1S/C15H14IN3O2/c16-11-8-18-14(17)12(13(11)19-9-6-7-9)15(20)21-10-4-2-1-3-5-10/h1-5,8-9H,6-7H2,(H3,17,18,19). The number of halogens is 1. The van der Waals surface area contributed by atoms with E-state index in [4.69, 9.17) is 10.5 Å². The summed E-state index contributed by atoms with van der Waals surface area (Å²) >= 11 is 2.14. The predicted molar refractivity (Wildman–Crippen MR) is 89.4 cm³/mol. The number of hydrogen-bond donors (Lipinski definition) is 2. The summed E-state index contributed by atoms with van der Waals surface area (Å²) in [5.74, 6) is 0.172. The van der Waals surface area contributed by atoms with E-state index in [-0.39, 0.29) is 5.82 Å². The number of hydrogen-bond acceptors (Lipinski definition) is 5. The number of carbonyl (C=O) groups is 1. The molecule has 1 heterocycles. The van der Waals surface area contributed by atoms with E-state index in [1.54, 1.807) is 18.3 Å². The number of nitrogens with one attached hydrogen (secondary N) is 1. The molecule has 1 fully saturated rings. The summed E-state index contributed by atoms with van der Waals surface area (Å²) in [5, 5.41) is 3.33. The van der Waals surface area contributed by atoms with Gasteiger partial charge < -0.3 is 15.8 Å². The molecule has 1 aromatic carbocycles. The zero-order valence-corrected chi connectivity index (χ0v) is 13.3. The fourth-order valence-electron chi connectivity index (χ4n) is 1.93. The van der Waals surface area contributed by atoms with Crippen molar-refractivity contribution in [1.82, 2.24) is 4.98 Å². The van der Waals surface area contributed by atoms with E-state index >= 15 is 0 Å². The highest BCUT2D eigenvalue weighted by Crippen LogP contribution is 2.32. The monoisotopic (exact) mass is 395 g/mol. The summed E-state index contributed by atoms with van der Waals surface area (Å²) in [4.78, 5) is 16.5. The van der Waals surface area contributed by atoms with Crippen LogP contribution in [0.15, 0.2) is 36.5 Å². The molecule has 5 nitrogen and oxygen atoms in total. The Bertz CT molecular complexity index is 672. The molecular formula is C15H14IN3O2. The van der Waals surface area contributed by atoms with Gasteiger partial charge in [-0.15, -0.1) is 0 Å². The van der Waals surface area contributed by atoms with Crippen molar-refractivity contribution in [2.45, 2.75) is 18.9 Å². The molecule has 0 aliphatic heterocycles. The molecule has 3 rings (SSSR count). The van der Waals surface area contributed by atoms with Crippen molar-refractivity contribution in [3.8, 4) is 5.75 Å². The Hall–Kier alpha value is -1.83. The van der Waals surface area contributed by atoms with Gasteiger partial charge in [0.1, 0.15) is 17.1 Å². The lowest BCUT2D eigenvalue weighted by molar-refractivity contribution is 0.0736. The lowest BCUT2D eigenvalue weighted by Crippen LogP contribution is -2.17. The predicted octanol–water partition coefficient (Wildman–Crippen LogP) is 3.06. The summed E-state index contributed by atoms with van der Waals surface area (Å²) < 4.78 is 6.23. The van der Waals surface area contributed by atoms with Crippen molar-refractivity contribution in [3.63, 3.8) is 0 Å². The SMILES string of the molecule is Nc1ncc(I)c(NC2CC2)c1C(=O)Oc1ccccc1. The smallest absolute Gasteiger partial charge is 0.349 e. The first-order chi connectivity index (χ1) is 10.1. The average molecular weight is 395 g/mol. The molecule has 21 heavy (non-hydrogen) atoms. The van der Waals surface area contributed by atoms with Gasteiger partial charge in [0, 0.05) is 12.2 Å². The van der Waals surface area contributed by atoms with E-state index < -0.39 is 5.97 Å². The molecule has 6 heteroatoms. The van der Waals surface area contributed by atoms with Crippen LogP contribution in [0.25, 0.3) is 0 Å². The van der Waals surface area contributed by atoms with Crippen molar-refractivity contribution >= 4 is 40.1 Å². The number of aromatic nitrogens is 1. The molecule has 108 valence electrons. The first kappa shape index (κ1) is 14.1. The van der Waals surface area contributed by atoms with Gasteiger partial charge in [0.05, 0.1) is 9.26 Å². The van der Waals surface area contributed by atoms with Crippen molar-refractivity contribution in [1.29, 1.82) is 0 Å². The minimum absolute atomic E-state index is 0.180. The van der Waals surface area contributed by atoms with Crippen molar-refractivity contribution < 1.29 is 9.53 Å². The number of pyridine rings is 1. The molecule has 0 atom stereocenters. The number of nitrogens with two attached hydrogens (primary N) is 1. The topological polar surface area (TPSA) is 77.2 Å². The Balaban J connectivity index is 1.92. The molecule has 0 spiro atoms. The minimum atomic E-state index is -0.493. The Morgan fingerprint density at radius 1 is 1.33 bits per heavy atom. The van der Waals surface area contributed by atoms with Gasteiger partial charge in [-0.05, 0) is 47.6 Å². The number of nitrogen functional groups attached to an aromatic ring is 1. The molecule has 1 saturated carbocycles. The normalized spacial score (nSPS) is 13.8. The second-order valence-electron chi connectivity index (χ2n) is 4.86. The second-order valence-corrected chi connectivity index (χ2v) is 6.02. The van der Waals surface area contributed by atoms with E-state index in [0.717, 1.165) is 16.4 Å². The maximum Gasteiger partial charge on any atom is 0.349 e. The third-order valence-electron chi connectivity index (χ3n) is 3.15. The number of esters is 1. The average Bonchev–Trinajstić information content (AvgIpc) is 3.28. The van der Waals surface area contributed by atoms with E-state index in [1.807, 2.05) is 18.2 Å². The van der Waals surface area contributed by atoms with Crippen LogP contribution in [0.2, 0.25) is 0 Å². The third-order valence-corrected chi connectivity index (χ3v) is 3.96. The van der Waals surface area contributed by atoms with Gasteiger partial charge in [-0.25, -0.2) is 9.78 Å². The summed E-state index contributed by atoms with van der Waals surface area (Å²) in [5.41, 5.74) is 6.90. The van der Waals surface area contributed by atoms with E-state index in [0.29, 0.717) is 23.0 Å². The fourth-order valence-corrected chi connectivity index (χ4v) is 2.49. The van der Waals surface area contributed by atoms with Gasteiger partial charge >= 0.3 is 5.97 Å². The van der Waals surface area contributed by atoms with Gasteiger partial charge in [0.15, 0.2) is 0 Å². The van der Waals surface area contributed by atoms with Crippen LogP contribution in [-0.4, -0.2) is 17.0 Å². The van der Waals surface area contributed by atoms with Gasteiger partial charge in [-0.2, -0.15) is 0 Å². The number of benzene rings is 1. The molecule has 0 bridgehead atoms. The Labute approximate surface area is 136 Å². The first-order valence-electron chi connectivity index (χ1n) is 6.63. The zero-order chi connectivity index (χ0) is 14.8. The molecule has 3 N–H and O–H groups in total. The molecule has 2 aromatic rings. The molecular weight excluding hydrogens is 381 g/mol. The van der Waals surface area contributed by atoms with Crippen LogP contribution < -0.4 is 15.8 Å². The Morgan fingerprint density at radius 3 is 2.71 bits per heavy atom. The number of nitrogens with zero attached hydrogens (tertiary/aromatic N) is 1. The summed E-state index contributed by atoms with van der Waals surface area (Å²) in [6.45, 7) is 0. The van der Waals surface area contributed by atoms with Crippen molar-refractivity contribution in [2.75, 3.05) is 11.1 Å². The minimum Gasteiger partial charge on any atom is -0.423 e. The van der Waals surface area contributed by atoms with Crippen molar-refractivity contribution in [3.05, 3.63) is 45.7 Å².